The number of nitrogens with one attached hydrogen (secondary N) is 1. The van der Waals surface area contributed by atoms with Crippen LogP contribution in [0, 0.1) is 5.41 Å². The van der Waals surface area contributed by atoms with Crippen molar-refractivity contribution in [3.05, 3.63) is 29.8 Å². The van der Waals surface area contributed by atoms with Gasteiger partial charge in [-0.15, -0.1) is 0 Å². The highest BCUT2D eigenvalue weighted by molar-refractivity contribution is 5.34. The van der Waals surface area contributed by atoms with E-state index in [1.165, 1.54) is 5.56 Å². The molecule has 0 saturated heterocycles. The largest absolute Gasteiger partial charge is 0.496 e. The molecule has 1 aromatic carbocycles. The maximum atomic E-state index is 5.42. The van der Waals surface area contributed by atoms with Crippen LogP contribution in [0.2, 0.25) is 0 Å². The van der Waals surface area contributed by atoms with Gasteiger partial charge < -0.3 is 10.1 Å². The highest BCUT2D eigenvalue weighted by atomic mass is 16.5. The summed E-state index contributed by atoms with van der Waals surface area (Å²) in [4.78, 5) is 0. The zero-order chi connectivity index (χ0) is 13.8. The quantitative estimate of drug-likeness (QED) is 0.860. The van der Waals surface area contributed by atoms with Gasteiger partial charge in [0.25, 0.3) is 0 Å². The van der Waals surface area contributed by atoms with Crippen LogP contribution in [-0.4, -0.2) is 19.2 Å². The fraction of sp³-hybridized carbons (Fsp3) is 0.625. The van der Waals surface area contributed by atoms with Crippen molar-refractivity contribution in [3.63, 3.8) is 0 Å². The first-order valence-corrected chi connectivity index (χ1v) is 6.60. The van der Waals surface area contributed by atoms with E-state index in [9.17, 15) is 0 Å². The van der Waals surface area contributed by atoms with Gasteiger partial charge in [0.1, 0.15) is 5.75 Å². The molecular weight excluding hydrogens is 222 g/mol. The van der Waals surface area contributed by atoms with Crippen molar-refractivity contribution >= 4 is 0 Å². The lowest BCUT2D eigenvalue weighted by atomic mass is 9.84. The molecule has 0 aromatic heterocycles. The van der Waals surface area contributed by atoms with Crippen molar-refractivity contribution < 1.29 is 4.74 Å². The maximum Gasteiger partial charge on any atom is 0.122 e. The topological polar surface area (TPSA) is 21.3 Å². The number of hydrogen-bond donors (Lipinski definition) is 1. The third-order valence-electron chi connectivity index (χ3n) is 2.96. The summed E-state index contributed by atoms with van der Waals surface area (Å²) in [6.45, 7) is 12.2. The predicted molar refractivity (Wildman–Crippen MR) is 78.2 cm³/mol. The zero-order valence-corrected chi connectivity index (χ0v) is 12.6. The molecule has 0 saturated carbocycles. The smallest absolute Gasteiger partial charge is 0.122 e. The lowest BCUT2D eigenvalue weighted by Gasteiger charge is -2.31. The SMILES string of the molecule is COc1ccccc1CC(C)(C)CNC(C)(C)C. The van der Waals surface area contributed by atoms with E-state index in [4.69, 9.17) is 4.74 Å². The molecule has 0 atom stereocenters. The van der Waals surface area contributed by atoms with Gasteiger partial charge in [0.2, 0.25) is 0 Å². The molecular formula is C16H27NO. The highest BCUT2D eigenvalue weighted by Crippen LogP contribution is 2.27. The third-order valence-corrected chi connectivity index (χ3v) is 2.96. The fourth-order valence-electron chi connectivity index (χ4n) is 1.93. The van der Waals surface area contributed by atoms with Crippen molar-refractivity contribution in [3.8, 4) is 5.75 Å². The molecule has 1 aromatic rings. The summed E-state index contributed by atoms with van der Waals surface area (Å²) >= 11 is 0. The van der Waals surface area contributed by atoms with Crippen LogP contribution in [-0.2, 0) is 6.42 Å². The van der Waals surface area contributed by atoms with Gasteiger partial charge in [0, 0.05) is 12.1 Å². The Labute approximate surface area is 112 Å². The van der Waals surface area contributed by atoms with Crippen LogP contribution in [0.1, 0.15) is 40.2 Å². The number of benzene rings is 1. The molecule has 2 nitrogen and oxygen atoms in total. The van der Waals surface area contributed by atoms with E-state index in [-0.39, 0.29) is 11.0 Å². The normalized spacial score (nSPS) is 12.6. The first-order chi connectivity index (χ1) is 8.23. The van der Waals surface area contributed by atoms with Gasteiger partial charge in [0.05, 0.1) is 7.11 Å². The van der Waals surface area contributed by atoms with E-state index in [1.54, 1.807) is 7.11 Å². The van der Waals surface area contributed by atoms with Gasteiger partial charge in [0.15, 0.2) is 0 Å². The van der Waals surface area contributed by atoms with Crippen molar-refractivity contribution in [2.24, 2.45) is 5.41 Å². The summed E-state index contributed by atoms with van der Waals surface area (Å²) < 4.78 is 5.42. The molecule has 1 N–H and O–H groups in total. The average Bonchev–Trinajstić information content (AvgIpc) is 2.26. The lowest BCUT2D eigenvalue weighted by molar-refractivity contribution is 0.285. The number of methoxy groups -OCH3 is 1. The monoisotopic (exact) mass is 249 g/mol. The van der Waals surface area contributed by atoms with Gasteiger partial charge in [-0.25, -0.2) is 0 Å². The van der Waals surface area contributed by atoms with Crippen LogP contribution >= 0.6 is 0 Å². The van der Waals surface area contributed by atoms with Crippen LogP contribution in [0.15, 0.2) is 24.3 Å². The first-order valence-electron chi connectivity index (χ1n) is 6.60. The van der Waals surface area contributed by atoms with E-state index in [0.717, 1.165) is 18.7 Å². The Morgan fingerprint density at radius 2 is 1.67 bits per heavy atom. The Hall–Kier alpha value is -1.02. The first kappa shape index (κ1) is 15.0. The Morgan fingerprint density at radius 1 is 1.06 bits per heavy atom. The Kier molecular flexibility index (Phi) is 4.80. The summed E-state index contributed by atoms with van der Waals surface area (Å²) in [5.41, 5.74) is 1.65. The summed E-state index contributed by atoms with van der Waals surface area (Å²) in [6, 6.07) is 8.27. The summed E-state index contributed by atoms with van der Waals surface area (Å²) in [5, 5.41) is 3.58. The summed E-state index contributed by atoms with van der Waals surface area (Å²) in [5.74, 6) is 0.987. The molecule has 0 amide bonds. The Balaban J connectivity index is 2.70. The van der Waals surface area contributed by atoms with Crippen LogP contribution in [0.25, 0.3) is 0 Å². The Morgan fingerprint density at radius 3 is 2.22 bits per heavy atom. The van der Waals surface area contributed by atoms with Crippen LogP contribution in [0.5, 0.6) is 5.75 Å². The molecule has 1 rings (SSSR count). The molecule has 0 aliphatic carbocycles. The second kappa shape index (κ2) is 5.75. The average molecular weight is 249 g/mol. The number of rotatable bonds is 5. The molecule has 0 bridgehead atoms. The molecule has 18 heavy (non-hydrogen) atoms. The van der Waals surface area contributed by atoms with Gasteiger partial charge >= 0.3 is 0 Å². The molecule has 0 fully saturated rings. The highest BCUT2D eigenvalue weighted by Gasteiger charge is 2.22. The van der Waals surface area contributed by atoms with Crippen LogP contribution < -0.4 is 10.1 Å². The minimum atomic E-state index is 0.165. The molecule has 2 heteroatoms. The van der Waals surface area contributed by atoms with Crippen molar-refractivity contribution in [1.82, 2.24) is 5.32 Å². The second-order valence-electron chi connectivity index (χ2n) is 6.76. The second-order valence-corrected chi connectivity index (χ2v) is 6.76. The van der Waals surface area contributed by atoms with Gasteiger partial charge in [-0.2, -0.15) is 0 Å². The molecule has 0 heterocycles. The summed E-state index contributed by atoms with van der Waals surface area (Å²) in [6.07, 6.45) is 1.01. The van der Waals surface area contributed by atoms with E-state index >= 15 is 0 Å². The number of hydrogen-bond acceptors (Lipinski definition) is 2. The lowest BCUT2D eigenvalue weighted by Crippen LogP contribution is -2.42. The Bertz CT molecular complexity index is 377. The molecule has 102 valence electrons. The maximum absolute atomic E-state index is 5.42. The van der Waals surface area contributed by atoms with E-state index in [0.29, 0.717) is 0 Å². The van der Waals surface area contributed by atoms with Crippen LogP contribution in [0.4, 0.5) is 0 Å². The van der Waals surface area contributed by atoms with Gasteiger partial charge in [-0.1, -0.05) is 32.0 Å². The van der Waals surface area contributed by atoms with Gasteiger partial charge in [-0.3, -0.25) is 0 Å². The molecule has 0 unspecified atom stereocenters. The van der Waals surface area contributed by atoms with Crippen molar-refractivity contribution in [1.29, 1.82) is 0 Å². The van der Waals surface area contributed by atoms with E-state index in [1.807, 2.05) is 12.1 Å². The molecule has 0 aliphatic heterocycles. The van der Waals surface area contributed by atoms with Crippen molar-refractivity contribution in [2.45, 2.75) is 46.6 Å². The molecule has 0 radical (unpaired) electrons. The fourth-order valence-corrected chi connectivity index (χ4v) is 1.93. The number of para-hydroxylation sites is 1. The summed E-state index contributed by atoms with van der Waals surface area (Å²) in [7, 11) is 1.74. The standard InChI is InChI=1S/C16H27NO/c1-15(2,3)17-12-16(4,5)11-13-9-7-8-10-14(13)18-6/h7-10,17H,11-12H2,1-6H3. The minimum absolute atomic E-state index is 0.165. The minimum Gasteiger partial charge on any atom is -0.496 e. The molecule has 0 spiro atoms. The van der Waals surface area contributed by atoms with E-state index in [2.05, 4.69) is 52.1 Å². The van der Waals surface area contributed by atoms with Crippen LogP contribution in [0.3, 0.4) is 0 Å². The van der Waals surface area contributed by atoms with Gasteiger partial charge in [-0.05, 0) is 44.2 Å². The van der Waals surface area contributed by atoms with Crippen molar-refractivity contribution in [2.75, 3.05) is 13.7 Å². The zero-order valence-electron chi connectivity index (χ0n) is 12.6. The van der Waals surface area contributed by atoms with E-state index < -0.39 is 0 Å². The predicted octanol–water partition coefficient (Wildman–Crippen LogP) is 3.65. The number of ether oxygens (including phenoxy) is 1. The molecule has 0 aliphatic rings. The third kappa shape index (κ3) is 5.09.